The third-order valence-corrected chi connectivity index (χ3v) is 5.42. The van der Waals surface area contributed by atoms with Gasteiger partial charge in [-0.25, -0.2) is 4.98 Å². The van der Waals surface area contributed by atoms with Gasteiger partial charge in [-0.15, -0.1) is 0 Å². The molecular weight excluding hydrogens is 280 g/mol. The van der Waals surface area contributed by atoms with Crippen LogP contribution in [0.5, 0.6) is 0 Å². The average molecular weight is 304 g/mol. The molecule has 1 saturated heterocycles. The Morgan fingerprint density at radius 2 is 2.29 bits per heavy atom. The maximum absolute atomic E-state index is 4.90. The number of hydrogen-bond acceptors (Lipinski definition) is 4. The van der Waals surface area contributed by atoms with Crippen molar-refractivity contribution in [1.82, 2.24) is 14.7 Å². The van der Waals surface area contributed by atoms with Gasteiger partial charge in [0.1, 0.15) is 5.65 Å². The fourth-order valence-corrected chi connectivity index (χ4v) is 4.03. The Kier molecular flexibility index (Phi) is 4.70. The summed E-state index contributed by atoms with van der Waals surface area (Å²) in [7, 11) is 0. The van der Waals surface area contributed by atoms with Gasteiger partial charge in [0.05, 0.1) is 5.69 Å². The van der Waals surface area contributed by atoms with Gasteiger partial charge < -0.3 is 14.6 Å². The topological polar surface area (TPSA) is 32.6 Å². The van der Waals surface area contributed by atoms with E-state index in [2.05, 4.69) is 64.6 Å². The van der Waals surface area contributed by atoms with Crippen molar-refractivity contribution in [3.63, 3.8) is 0 Å². The molecule has 0 radical (unpaired) electrons. The van der Waals surface area contributed by atoms with Crippen LogP contribution in [0.15, 0.2) is 24.4 Å². The molecule has 3 heterocycles. The summed E-state index contributed by atoms with van der Waals surface area (Å²) in [5.41, 5.74) is 2.33. The average Bonchev–Trinajstić information content (AvgIpc) is 2.91. The highest BCUT2D eigenvalue weighted by Crippen LogP contribution is 2.28. The molecule has 1 aliphatic rings. The number of thioether (sulfide) groups is 1. The molecule has 4 nitrogen and oxygen atoms in total. The van der Waals surface area contributed by atoms with Crippen LogP contribution in [0.25, 0.3) is 5.65 Å². The number of hydrogen-bond donors (Lipinski definition) is 1. The predicted octanol–water partition coefficient (Wildman–Crippen LogP) is 2.78. The minimum absolute atomic E-state index is 0.732. The summed E-state index contributed by atoms with van der Waals surface area (Å²) in [6.45, 7) is 8.50. The molecule has 0 amide bonds. The molecule has 1 N–H and O–H groups in total. The summed E-state index contributed by atoms with van der Waals surface area (Å²) in [5, 5.41) is 4.19. The zero-order valence-electron chi connectivity index (χ0n) is 12.9. The molecule has 0 bridgehead atoms. The zero-order valence-corrected chi connectivity index (χ0v) is 13.7. The lowest BCUT2D eigenvalue weighted by molar-refractivity contribution is 0.685. The van der Waals surface area contributed by atoms with E-state index >= 15 is 0 Å². The van der Waals surface area contributed by atoms with Crippen LogP contribution in [-0.4, -0.2) is 40.0 Å². The van der Waals surface area contributed by atoms with Gasteiger partial charge in [-0.1, -0.05) is 19.9 Å². The van der Waals surface area contributed by atoms with Gasteiger partial charge in [-0.2, -0.15) is 11.8 Å². The molecule has 2 aromatic heterocycles. The van der Waals surface area contributed by atoms with Crippen LogP contribution in [-0.2, 0) is 6.54 Å². The molecular formula is C16H24N4S. The molecule has 1 atom stereocenters. The van der Waals surface area contributed by atoms with Crippen molar-refractivity contribution in [1.29, 1.82) is 0 Å². The van der Waals surface area contributed by atoms with Crippen molar-refractivity contribution in [3.8, 4) is 0 Å². The van der Waals surface area contributed by atoms with Gasteiger partial charge in [0.2, 0.25) is 0 Å². The summed E-state index contributed by atoms with van der Waals surface area (Å²) >= 11 is 2.10. The third kappa shape index (κ3) is 3.04. The Morgan fingerprint density at radius 1 is 1.38 bits per heavy atom. The Bertz CT molecular complexity index is 595. The highest BCUT2D eigenvalue weighted by Gasteiger charge is 2.24. The molecule has 1 unspecified atom stereocenters. The zero-order chi connectivity index (χ0) is 14.7. The molecule has 3 rings (SSSR count). The van der Waals surface area contributed by atoms with Crippen LogP contribution in [0, 0.1) is 0 Å². The van der Waals surface area contributed by atoms with E-state index in [4.69, 9.17) is 4.98 Å². The maximum atomic E-state index is 4.90. The normalized spacial score (nSPS) is 19.3. The Hall–Kier alpha value is -1.20. The predicted molar refractivity (Wildman–Crippen MR) is 91.3 cm³/mol. The van der Waals surface area contributed by atoms with Crippen molar-refractivity contribution in [3.05, 3.63) is 30.1 Å². The first-order chi connectivity index (χ1) is 10.3. The number of nitrogens with zero attached hydrogens (tertiary/aromatic N) is 3. The van der Waals surface area contributed by atoms with Crippen LogP contribution in [0.2, 0.25) is 0 Å². The Labute approximate surface area is 130 Å². The smallest absolute Gasteiger partial charge is 0.152 e. The van der Waals surface area contributed by atoms with E-state index in [1.807, 2.05) is 0 Å². The summed E-state index contributed by atoms with van der Waals surface area (Å²) in [4.78, 5) is 7.37. The molecule has 0 aliphatic carbocycles. The minimum atomic E-state index is 0.732. The lowest BCUT2D eigenvalue weighted by Crippen LogP contribution is -2.38. The molecule has 5 heteroatoms. The van der Waals surface area contributed by atoms with E-state index in [1.54, 1.807) is 0 Å². The van der Waals surface area contributed by atoms with Crippen molar-refractivity contribution >= 4 is 23.2 Å². The minimum Gasteiger partial charge on any atom is -0.353 e. The first-order valence-electron chi connectivity index (χ1n) is 7.86. The van der Waals surface area contributed by atoms with Crippen LogP contribution in [0.4, 0.5) is 5.82 Å². The van der Waals surface area contributed by atoms with Gasteiger partial charge in [0, 0.05) is 36.8 Å². The van der Waals surface area contributed by atoms with E-state index in [9.17, 15) is 0 Å². The summed E-state index contributed by atoms with van der Waals surface area (Å²) in [5.74, 6) is 2.37. The van der Waals surface area contributed by atoms with E-state index in [0.29, 0.717) is 0 Å². The molecule has 114 valence electrons. The summed E-state index contributed by atoms with van der Waals surface area (Å²) < 4.78 is 2.22. The quantitative estimate of drug-likeness (QED) is 0.921. The highest BCUT2D eigenvalue weighted by molar-refractivity contribution is 8.00. The van der Waals surface area contributed by atoms with E-state index in [1.165, 1.54) is 23.7 Å². The van der Waals surface area contributed by atoms with Gasteiger partial charge >= 0.3 is 0 Å². The van der Waals surface area contributed by atoms with Crippen molar-refractivity contribution in [2.75, 3.05) is 30.3 Å². The fourth-order valence-electron chi connectivity index (χ4n) is 2.85. The van der Waals surface area contributed by atoms with Crippen molar-refractivity contribution < 1.29 is 0 Å². The fraction of sp³-hybridized carbons (Fsp3) is 0.562. The van der Waals surface area contributed by atoms with Crippen LogP contribution in [0.1, 0.15) is 26.0 Å². The molecule has 1 aliphatic heterocycles. The second-order valence-electron chi connectivity index (χ2n) is 5.44. The van der Waals surface area contributed by atoms with Gasteiger partial charge in [0.15, 0.2) is 5.82 Å². The standard InChI is InChI=1S/C16H24N4S/c1-3-13-12-19(9-10-21-13)16-14(11-17-4-2)20-8-6-5-7-15(20)18-16/h5-8,13,17H,3-4,9-12H2,1-2H3. The van der Waals surface area contributed by atoms with Gasteiger partial charge in [-0.05, 0) is 25.1 Å². The third-order valence-electron chi connectivity index (χ3n) is 4.04. The van der Waals surface area contributed by atoms with E-state index < -0.39 is 0 Å². The first kappa shape index (κ1) is 14.7. The summed E-state index contributed by atoms with van der Waals surface area (Å²) in [6, 6.07) is 6.23. The van der Waals surface area contributed by atoms with E-state index in [-0.39, 0.29) is 0 Å². The van der Waals surface area contributed by atoms with E-state index in [0.717, 1.165) is 37.1 Å². The molecule has 21 heavy (non-hydrogen) atoms. The van der Waals surface area contributed by atoms with Crippen LogP contribution < -0.4 is 10.2 Å². The van der Waals surface area contributed by atoms with Crippen LogP contribution >= 0.6 is 11.8 Å². The number of imidazole rings is 1. The second-order valence-corrected chi connectivity index (χ2v) is 6.85. The molecule has 0 aromatic carbocycles. The van der Waals surface area contributed by atoms with Crippen molar-refractivity contribution in [2.24, 2.45) is 0 Å². The van der Waals surface area contributed by atoms with Gasteiger partial charge in [-0.3, -0.25) is 0 Å². The first-order valence-corrected chi connectivity index (χ1v) is 8.91. The number of aromatic nitrogens is 2. The Morgan fingerprint density at radius 3 is 3.10 bits per heavy atom. The number of anilines is 1. The monoisotopic (exact) mass is 304 g/mol. The number of rotatable bonds is 5. The van der Waals surface area contributed by atoms with Crippen molar-refractivity contribution in [2.45, 2.75) is 32.1 Å². The highest BCUT2D eigenvalue weighted by atomic mass is 32.2. The van der Waals surface area contributed by atoms with Crippen LogP contribution in [0.3, 0.4) is 0 Å². The largest absolute Gasteiger partial charge is 0.353 e. The van der Waals surface area contributed by atoms with Gasteiger partial charge in [0.25, 0.3) is 0 Å². The number of pyridine rings is 1. The lowest BCUT2D eigenvalue weighted by Gasteiger charge is -2.32. The maximum Gasteiger partial charge on any atom is 0.152 e. The SMILES string of the molecule is CCNCc1c(N2CCSC(CC)C2)nc2ccccn12. The summed E-state index contributed by atoms with van der Waals surface area (Å²) in [6.07, 6.45) is 3.35. The second kappa shape index (κ2) is 6.71. The number of nitrogens with one attached hydrogen (secondary N) is 1. The molecule has 1 fully saturated rings. The Balaban J connectivity index is 1.96. The molecule has 0 spiro atoms. The number of fused-ring (bicyclic) bond motifs is 1. The molecule has 2 aromatic rings. The molecule has 0 saturated carbocycles. The lowest BCUT2D eigenvalue weighted by atomic mass is 10.2.